The predicted molar refractivity (Wildman–Crippen MR) is 114 cm³/mol. The highest BCUT2D eigenvalue weighted by atomic mass is 16.5. The number of hydrazone groups is 1. The number of hydrogen-bond donors (Lipinski definition) is 2. The molecule has 1 aliphatic carbocycles. The van der Waals surface area contributed by atoms with E-state index in [4.69, 9.17) is 9.47 Å². The molecular weight excluding hydrogens is 366 g/mol. The smallest absolute Gasteiger partial charge is 0.271 e. The third kappa shape index (κ3) is 3.83. The summed E-state index contributed by atoms with van der Waals surface area (Å²) in [6, 6.07) is 11.2. The zero-order valence-electron chi connectivity index (χ0n) is 16.9. The molecule has 29 heavy (non-hydrogen) atoms. The number of aryl methyl sites for hydroxylation is 1. The van der Waals surface area contributed by atoms with E-state index < -0.39 is 0 Å². The first-order chi connectivity index (χ1) is 14.1. The van der Waals surface area contributed by atoms with Crippen molar-refractivity contribution in [2.45, 2.75) is 26.2 Å². The number of rotatable bonds is 5. The van der Waals surface area contributed by atoms with Crippen molar-refractivity contribution in [1.82, 2.24) is 10.4 Å². The largest absolute Gasteiger partial charge is 0.493 e. The lowest BCUT2D eigenvalue weighted by Gasteiger charge is -2.18. The van der Waals surface area contributed by atoms with Gasteiger partial charge in [0.25, 0.3) is 5.91 Å². The Labute approximate surface area is 169 Å². The van der Waals surface area contributed by atoms with Crippen LogP contribution < -0.4 is 14.9 Å². The molecule has 1 aliphatic rings. The molecule has 0 saturated heterocycles. The van der Waals surface area contributed by atoms with Crippen LogP contribution in [0.2, 0.25) is 0 Å². The van der Waals surface area contributed by atoms with Crippen molar-refractivity contribution in [2.24, 2.45) is 11.0 Å². The van der Waals surface area contributed by atoms with Crippen molar-refractivity contribution in [1.29, 1.82) is 0 Å². The maximum atomic E-state index is 12.6. The number of ether oxygens (including phenoxy) is 2. The molecule has 3 aromatic rings. The van der Waals surface area contributed by atoms with Gasteiger partial charge < -0.3 is 14.5 Å². The number of fused-ring (bicyclic) bond motifs is 3. The Kier molecular flexibility index (Phi) is 5.25. The number of nitrogens with zero attached hydrogens (tertiary/aromatic N) is 1. The fraction of sp³-hybridized carbons (Fsp3) is 0.304. The highest BCUT2D eigenvalue weighted by molar-refractivity contribution is 5.99. The average Bonchev–Trinajstić information content (AvgIpc) is 3.10. The molecule has 6 heteroatoms. The van der Waals surface area contributed by atoms with Crippen LogP contribution >= 0.6 is 0 Å². The summed E-state index contributed by atoms with van der Waals surface area (Å²) in [5, 5.41) is 5.23. The Morgan fingerprint density at radius 1 is 1.17 bits per heavy atom. The SMILES string of the molecule is COc1ccc(/C=N\NC(=O)c2ccc3[nH]c4c(c3c2)CC(C)CC4)cc1OC. The summed E-state index contributed by atoms with van der Waals surface area (Å²) >= 11 is 0. The van der Waals surface area contributed by atoms with Gasteiger partial charge in [-0.25, -0.2) is 5.43 Å². The summed E-state index contributed by atoms with van der Waals surface area (Å²) in [6.07, 6.45) is 4.91. The minimum absolute atomic E-state index is 0.234. The molecule has 0 bridgehead atoms. The van der Waals surface area contributed by atoms with Gasteiger partial charge in [-0.1, -0.05) is 6.92 Å². The summed E-state index contributed by atoms with van der Waals surface area (Å²) in [5.74, 6) is 1.69. The Hall–Kier alpha value is -3.28. The molecule has 4 rings (SSSR count). The van der Waals surface area contributed by atoms with E-state index in [0.29, 0.717) is 23.0 Å². The molecule has 0 fully saturated rings. The van der Waals surface area contributed by atoms with Crippen LogP contribution in [0.15, 0.2) is 41.5 Å². The van der Waals surface area contributed by atoms with Crippen LogP contribution in [0.1, 0.15) is 40.5 Å². The van der Waals surface area contributed by atoms with Crippen molar-refractivity contribution in [3.8, 4) is 11.5 Å². The van der Waals surface area contributed by atoms with Crippen LogP contribution in [-0.2, 0) is 12.8 Å². The average molecular weight is 391 g/mol. The van der Waals surface area contributed by atoms with Crippen molar-refractivity contribution in [3.05, 3.63) is 58.8 Å². The zero-order chi connectivity index (χ0) is 20.4. The highest BCUT2D eigenvalue weighted by Crippen LogP contribution is 2.32. The van der Waals surface area contributed by atoms with Gasteiger partial charge in [-0.2, -0.15) is 5.10 Å². The second-order valence-corrected chi connectivity index (χ2v) is 7.50. The lowest BCUT2D eigenvalue weighted by atomic mass is 9.87. The summed E-state index contributed by atoms with van der Waals surface area (Å²) in [6.45, 7) is 2.28. The van der Waals surface area contributed by atoms with Gasteiger partial charge in [-0.15, -0.1) is 0 Å². The van der Waals surface area contributed by atoms with Crippen molar-refractivity contribution in [2.75, 3.05) is 14.2 Å². The van der Waals surface area contributed by atoms with Crippen LogP contribution in [0.3, 0.4) is 0 Å². The minimum Gasteiger partial charge on any atom is -0.493 e. The van der Waals surface area contributed by atoms with Gasteiger partial charge in [0.1, 0.15) is 0 Å². The first-order valence-electron chi connectivity index (χ1n) is 9.78. The van der Waals surface area contributed by atoms with E-state index in [0.717, 1.165) is 29.3 Å². The van der Waals surface area contributed by atoms with Crippen LogP contribution in [0.25, 0.3) is 10.9 Å². The number of hydrogen-bond acceptors (Lipinski definition) is 4. The van der Waals surface area contributed by atoms with Gasteiger partial charge in [0.2, 0.25) is 0 Å². The van der Waals surface area contributed by atoms with E-state index in [2.05, 4.69) is 22.4 Å². The molecule has 0 radical (unpaired) electrons. The summed E-state index contributed by atoms with van der Waals surface area (Å²) in [5.41, 5.74) is 7.75. The number of carbonyl (C=O) groups excluding carboxylic acids is 1. The third-order valence-electron chi connectivity index (χ3n) is 5.48. The van der Waals surface area contributed by atoms with Gasteiger partial charge in [0.05, 0.1) is 20.4 Å². The highest BCUT2D eigenvalue weighted by Gasteiger charge is 2.20. The van der Waals surface area contributed by atoms with Gasteiger partial charge in [0, 0.05) is 22.2 Å². The second kappa shape index (κ2) is 7.99. The minimum atomic E-state index is -0.234. The zero-order valence-corrected chi connectivity index (χ0v) is 16.9. The molecule has 6 nitrogen and oxygen atoms in total. The molecule has 0 spiro atoms. The monoisotopic (exact) mass is 391 g/mol. The lowest BCUT2D eigenvalue weighted by molar-refractivity contribution is 0.0955. The number of benzene rings is 2. The van der Waals surface area contributed by atoms with E-state index in [1.54, 1.807) is 32.6 Å². The maximum Gasteiger partial charge on any atom is 0.271 e. The maximum absolute atomic E-state index is 12.6. The first kappa shape index (κ1) is 19.1. The molecule has 150 valence electrons. The van der Waals surface area contributed by atoms with Crippen LogP contribution in [0.4, 0.5) is 0 Å². The predicted octanol–water partition coefficient (Wildman–Crippen LogP) is 4.07. The number of aromatic amines is 1. The summed E-state index contributed by atoms with van der Waals surface area (Å²) in [4.78, 5) is 16.1. The molecule has 0 saturated carbocycles. The van der Waals surface area contributed by atoms with E-state index in [1.165, 1.54) is 17.7 Å². The standard InChI is InChI=1S/C23H25N3O3/c1-14-4-7-19-17(10-14)18-12-16(6-8-20(18)25-19)23(27)26-24-13-15-5-9-21(28-2)22(11-15)29-3/h5-6,8-9,11-14,25H,4,7,10H2,1-3H3,(H,26,27)/b24-13-. The summed E-state index contributed by atoms with van der Waals surface area (Å²) in [7, 11) is 3.17. The van der Waals surface area contributed by atoms with Crippen molar-refractivity contribution >= 4 is 23.0 Å². The second-order valence-electron chi connectivity index (χ2n) is 7.50. The Morgan fingerprint density at radius 2 is 2.00 bits per heavy atom. The van der Waals surface area contributed by atoms with Crippen LogP contribution in [0, 0.1) is 5.92 Å². The van der Waals surface area contributed by atoms with E-state index in [9.17, 15) is 4.79 Å². The van der Waals surface area contributed by atoms with E-state index in [-0.39, 0.29) is 5.91 Å². The summed E-state index contributed by atoms with van der Waals surface area (Å²) < 4.78 is 10.5. The Bertz CT molecular complexity index is 1080. The number of amides is 1. The van der Waals surface area contributed by atoms with Crippen molar-refractivity contribution < 1.29 is 14.3 Å². The molecule has 1 atom stereocenters. The number of aromatic nitrogens is 1. The number of methoxy groups -OCH3 is 2. The number of H-pyrrole nitrogens is 1. The molecular formula is C23H25N3O3. The van der Waals surface area contributed by atoms with Gasteiger partial charge in [-0.05, 0) is 72.7 Å². The normalized spacial score (nSPS) is 16.0. The molecule has 1 aromatic heterocycles. The van der Waals surface area contributed by atoms with Gasteiger partial charge in [-0.3, -0.25) is 4.79 Å². The lowest BCUT2D eigenvalue weighted by Crippen LogP contribution is -2.17. The fourth-order valence-electron chi connectivity index (χ4n) is 3.90. The molecule has 1 heterocycles. The Balaban J connectivity index is 1.50. The van der Waals surface area contributed by atoms with Crippen molar-refractivity contribution in [3.63, 3.8) is 0 Å². The van der Waals surface area contributed by atoms with E-state index in [1.807, 2.05) is 24.3 Å². The molecule has 1 amide bonds. The molecule has 2 N–H and O–H groups in total. The molecule has 0 aliphatic heterocycles. The van der Waals surface area contributed by atoms with Gasteiger partial charge in [0.15, 0.2) is 11.5 Å². The number of nitrogens with one attached hydrogen (secondary N) is 2. The Morgan fingerprint density at radius 3 is 2.79 bits per heavy atom. The van der Waals surface area contributed by atoms with Crippen LogP contribution in [-0.4, -0.2) is 31.3 Å². The first-order valence-corrected chi connectivity index (χ1v) is 9.78. The quantitative estimate of drug-likeness (QED) is 0.508. The fourth-order valence-corrected chi connectivity index (χ4v) is 3.90. The third-order valence-corrected chi connectivity index (χ3v) is 5.48. The molecule has 2 aromatic carbocycles. The topological polar surface area (TPSA) is 75.7 Å². The van der Waals surface area contributed by atoms with Gasteiger partial charge >= 0.3 is 0 Å². The number of carbonyl (C=O) groups is 1. The van der Waals surface area contributed by atoms with Crippen LogP contribution in [0.5, 0.6) is 11.5 Å². The molecule has 1 unspecified atom stereocenters. The van der Waals surface area contributed by atoms with E-state index >= 15 is 0 Å².